The minimum absolute atomic E-state index is 0.0225. The molecule has 1 aliphatic heterocycles. The van der Waals surface area contributed by atoms with Crippen molar-refractivity contribution in [1.82, 2.24) is 4.90 Å². The van der Waals surface area contributed by atoms with Gasteiger partial charge in [0.05, 0.1) is 0 Å². The molecule has 1 fully saturated rings. The summed E-state index contributed by atoms with van der Waals surface area (Å²) < 4.78 is 0. The highest BCUT2D eigenvalue weighted by Crippen LogP contribution is 2.15. The zero-order valence-corrected chi connectivity index (χ0v) is 10.6. The van der Waals surface area contributed by atoms with Crippen LogP contribution in [0.4, 0.5) is 5.69 Å². The minimum atomic E-state index is -0.460. The molecule has 0 atom stereocenters. The van der Waals surface area contributed by atoms with Crippen molar-refractivity contribution in [3.05, 3.63) is 41.7 Å². The van der Waals surface area contributed by atoms with Gasteiger partial charge in [0.25, 0.3) is 5.91 Å². The number of amides is 1. The van der Waals surface area contributed by atoms with Gasteiger partial charge < -0.3 is 16.0 Å². The minimum Gasteiger partial charge on any atom is -0.384 e. The topological polar surface area (TPSA) is 82.1 Å². The molecule has 5 nitrogen and oxygen atoms in total. The third-order valence-corrected chi connectivity index (χ3v) is 3.07. The highest BCUT2D eigenvalue weighted by molar-refractivity contribution is 6.06. The number of nitrogens with two attached hydrogens (primary N) is 1. The average Bonchev–Trinajstić information content (AvgIpc) is 2.94. The second-order valence-corrected chi connectivity index (χ2v) is 4.39. The lowest BCUT2D eigenvalue weighted by Crippen LogP contribution is -2.29. The van der Waals surface area contributed by atoms with E-state index in [0.29, 0.717) is 5.69 Å². The smallest absolute Gasteiger partial charge is 0.270 e. The van der Waals surface area contributed by atoms with Gasteiger partial charge in [0.15, 0.2) is 5.57 Å². The van der Waals surface area contributed by atoms with Crippen LogP contribution in [0.1, 0.15) is 12.8 Å². The van der Waals surface area contributed by atoms with Crippen LogP contribution in [0.25, 0.3) is 0 Å². The van der Waals surface area contributed by atoms with Gasteiger partial charge in [0.1, 0.15) is 11.9 Å². The van der Waals surface area contributed by atoms with Crippen LogP contribution in [0.15, 0.2) is 41.7 Å². The molecule has 19 heavy (non-hydrogen) atoms. The number of nitrogens with zero attached hydrogens (tertiary/aromatic N) is 2. The summed E-state index contributed by atoms with van der Waals surface area (Å²) in [4.78, 5) is 13.9. The van der Waals surface area contributed by atoms with Gasteiger partial charge in [-0.2, -0.15) is 5.26 Å². The Bertz CT molecular complexity index is 524. The molecule has 3 N–H and O–H groups in total. The fourth-order valence-electron chi connectivity index (χ4n) is 2.06. The van der Waals surface area contributed by atoms with E-state index in [1.807, 2.05) is 29.2 Å². The van der Waals surface area contributed by atoms with Crippen molar-refractivity contribution in [2.24, 2.45) is 5.73 Å². The summed E-state index contributed by atoms with van der Waals surface area (Å²) in [6, 6.07) is 10.9. The molecule has 0 unspecified atom stereocenters. The maximum Gasteiger partial charge on any atom is 0.270 e. The monoisotopic (exact) mass is 256 g/mol. The van der Waals surface area contributed by atoms with Crippen LogP contribution in [0, 0.1) is 11.3 Å². The maximum absolute atomic E-state index is 12.0. The molecule has 1 saturated heterocycles. The van der Waals surface area contributed by atoms with Crippen LogP contribution >= 0.6 is 0 Å². The molecule has 2 rings (SSSR count). The van der Waals surface area contributed by atoms with Gasteiger partial charge in [0.2, 0.25) is 0 Å². The standard InChI is InChI=1S/C14H16N4O/c15-10-12(13(16)18-8-4-5-9-18)14(19)17-11-6-2-1-3-7-11/h1-3,6-7H,4-5,8-9,16H2,(H,17,19). The van der Waals surface area contributed by atoms with E-state index in [9.17, 15) is 4.79 Å². The van der Waals surface area contributed by atoms with Gasteiger partial charge in [0, 0.05) is 18.8 Å². The van der Waals surface area contributed by atoms with Crippen molar-refractivity contribution in [3.63, 3.8) is 0 Å². The average molecular weight is 256 g/mol. The summed E-state index contributed by atoms with van der Waals surface area (Å²) >= 11 is 0. The number of nitrogens with one attached hydrogen (secondary N) is 1. The van der Waals surface area contributed by atoms with E-state index in [-0.39, 0.29) is 11.4 Å². The summed E-state index contributed by atoms with van der Waals surface area (Å²) in [6.07, 6.45) is 2.08. The number of hydrogen-bond acceptors (Lipinski definition) is 4. The van der Waals surface area contributed by atoms with E-state index < -0.39 is 5.91 Å². The van der Waals surface area contributed by atoms with Crippen LogP contribution in [-0.2, 0) is 4.79 Å². The molecular formula is C14H16N4O. The Balaban J connectivity index is 2.15. The number of hydrogen-bond donors (Lipinski definition) is 2. The van der Waals surface area contributed by atoms with Crippen molar-refractivity contribution in [1.29, 1.82) is 5.26 Å². The first kappa shape index (κ1) is 13.0. The van der Waals surface area contributed by atoms with Crippen molar-refractivity contribution in [2.45, 2.75) is 12.8 Å². The molecule has 1 aromatic carbocycles. The number of carbonyl (C=O) groups excluding carboxylic acids is 1. The maximum atomic E-state index is 12.0. The first-order valence-electron chi connectivity index (χ1n) is 6.23. The molecule has 1 heterocycles. The van der Waals surface area contributed by atoms with E-state index in [1.165, 1.54) is 0 Å². The Morgan fingerprint density at radius 2 is 1.89 bits per heavy atom. The Hall–Kier alpha value is -2.48. The second kappa shape index (κ2) is 5.91. The number of rotatable bonds is 3. The molecule has 0 radical (unpaired) electrons. The predicted octanol–water partition coefficient (Wildman–Crippen LogP) is 1.41. The summed E-state index contributed by atoms with van der Waals surface area (Å²) in [5.74, 6) is -0.188. The summed E-state index contributed by atoms with van der Waals surface area (Å²) in [7, 11) is 0. The van der Waals surface area contributed by atoms with Crippen molar-refractivity contribution in [2.75, 3.05) is 18.4 Å². The van der Waals surface area contributed by atoms with Gasteiger partial charge in [-0.15, -0.1) is 0 Å². The first-order chi connectivity index (χ1) is 9.22. The lowest BCUT2D eigenvalue weighted by atomic mass is 10.2. The third-order valence-electron chi connectivity index (χ3n) is 3.07. The predicted molar refractivity (Wildman–Crippen MR) is 72.7 cm³/mol. The number of para-hydroxylation sites is 1. The molecule has 1 aliphatic rings. The van der Waals surface area contributed by atoms with Gasteiger partial charge in [-0.3, -0.25) is 4.79 Å². The largest absolute Gasteiger partial charge is 0.384 e. The molecule has 1 amide bonds. The van der Waals surface area contributed by atoms with Crippen molar-refractivity contribution in [3.8, 4) is 6.07 Å². The van der Waals surface area contributed by atoms with E-state index >= 15 is 0 Å². The van der Waals surface area contributed by atoms with Gasteiger partial charge in [-0.1, -0.05) is 18.2 Å². The van der Waals surface area contributed by atoms with E-state index in [4.69, 9.17) is 11.0 Å². The van der Waals surface area contributed by atoms with Gasteiger partial charge >= 0.3 is 0 Å². The van der Waals surface area contributed by atoms with Crippen LogP contribution in [0.2, 0.25) is 0 Å². The number of nitriles is 1. The molecule has 1 aromatic rings. The van der Waals surface area contributed by atoms with Gasteiger partial charge in [-0.05, 0) is 25.0 Å². The van der Waals surface area contributed by atoms with E-state index in [1.54, 1.807) is 12.1 Å². The molecular weight excluding hydrogens is 240 g/mol. The van der Waals surface area contributed by atoms with Crippen LogP contribution in [0.5, 0.6) is 0 Å². The number of carbonyl (C=O) groups is 1. The molecule has 5 heteroatoms. The molecule has 98 valence electrons. The lowest BCUT2D eigenvalue weighted by molar-refractivity contribution is -0.112. The second-order valence-electron chi connectivity index (χ2n) is 4.39. The quantitative estimate of drug-likeness (QED) is 0.633. The van der Waals surface area contributed by atoms with E-state index in [0.717, 1.165) is 25.9 Å². The molecule has 0 bridgehead atoms. The third kappa shape index (κ3) is 3.05. The molecule has 0 aromatic heterocycles. The zero-order valence-electron chi connectivity index (χ0n) is 10.6. The van der Waals surface area contributed by atoms with Crippen LogP contribution in [-0.4, -0.2) is 23.9 Å². The SMILES string of the molecule is N#CC(C(=O)Nc1ccccc1)=C(N)N1CCCC1. The van der Waals surface area contributed by atoms with Crippen LogP contribution in [0.3, 0.4) is 0 Å². The molecule has 0 spiro atoms. The van der Waals surface area contributed by atoms with Crippen LogP contribution < -0.4 is 11.1 Å². The molecule has 0 aliphatic carbocycles. The zero-order chi connectivity index (χ0) is 13.7. The Kier molecular flexibility index (Phi) is 4.04. The summed E-state index contributed by atoms with van der Waals surface area (Å²) in [6.45, 7) is 1.60. The van der Waals surface area contributed by atoms with Crippen molar-refractivity contribution < 1.29 is 4.79 Å². The highest BCUT2D eigenvalue weighted by atomic mass is 16.1. The Labute approximate surface area is 112 Å². The number of benzene rings is 1. The highest BCUT2D eigenvalue weighted by Gasteiger charge is 2.20. The number of likely N-dealkylation sites (tertiary alicyclic amines) is 1. The Morgan fingerprint density at radius 1 is 1.26 bits per heavy atom. The number of anilines is 1. The first-order valence-corrected chi connectivity index (χ1v) is 6.23. The molecule has 0 saturated carbocycles. The normalized spacial score (nSPS) is 15.6. The summed E-state index contributed by atoms with van der Waals surface area (Å²) in [5, 5.41) is 11.8. The summed E-state index contributed by atoms with van der Waals surface area (Å²) in [5.41, 5.74) is 6.54. The van der Waals surface area contributed by atoms with Gasteiger partial charge in [-0.25, -0.2) is 0 Å². The fraction of sp³-hybridized carbons (Fsp3) is 0.286. The Morgan fingerprint density at radius 3 is 2.47 bits per heavy atom. The fourth-order valence-corrected chi connectivity index (χ4v) is 2.06. The van der Waals surface area contributed by atoms with E-state index in [2.05, 4.69) is 5.32 Å². The van der Waals surface area contributed by atoms with Crippen molar-refractivity contribution >= 4 is 11.6 Å². The lowest BCUT2D eigenvalue weighted by Gasteiger charge is -2.18.